The molecule has 146 valence electrons. The van der Waals surface area contributed by atoms with E-state index in [2.05, 4.69) is 10.1 Å². The van der Waals surface area contributed by atoms with Crippen LogP contribution in [0.25, 0.3) is 11.2 Å². The number of hydrogen-bond acceptors (Lipinski definition) is 5. The van der Waals surface area contributed by atoms with Crippen molar-refractivity contribution in [2.24, 2.45) is 19.2 Å². The molecule has 0 radical (unpaired) electrons. The first-order valence-electron chi connectivity index (χ1n) is 8.65. The van der Waals surface area contributed by atoms with Crippen molar-refractivity contribution in [3.05, 3.63) is 54.6 Å². The van der Waals surface area contributed by atoms with Crippen LogP contribution in [0.3, 0.4) is 0 Å². The van der Waals surface area contributed by atoms with Crippen molar-refractivity contribution in [3.8, 4) is 0 Å². The van der Waals surface area contributed by atoms with Crippen molar-refractivity contribution >= 4 is 46.0 Å². The van der Waals surface area contributed by atoms with Gasteiger partial charge >= 0.3 is 5.69 Å². The Balaban J connectivity index is 1.96. The molecule has 0 saturated carbocycles. The Morgan fingerprint density at radius 2 is 1.86 bits per heavy atom. The van der Waals surface area contributed by atoms with Gasteiger partial charge in [0.25, 0.3) is 5.56 Å². The van der Waals surface area contributed by atoms with Crippen LogP contribution in [-0.2, 0) is 20.6 Å². The molecule has 4 rings (SSSR count). The fourth-order valence-electron chi connectivity index (χ4n) is 3.37. The molecule has 1 atom stereocenters. The Labute approximate surface area is 170 Å². The molecule has 1 aromatic carbocycles. The van der Waals surface area contributed by atoms with Crippen molar-refractivity contribution in [1.82, 2.24) is 18.7 Å². The van der Waals surface area contributed by atoms with Gasteiger partial charge in [-0.2, -0.15) is 10.1 Å². The molecular weight excluding hydrogens is 403 g/mol. The first kappa shape index (κ1) is 18.8. The average molecular weight is 421 g/mol. The molecule has 0 amide bonds. The highest BCUT2D eigenvalue weighted by Gasteiger charge is 2.30. The van der Waals surface area contributed by atoms with Crippen molar-refractivity contribution in [2.45, 2.75) is 26.4 Å². The van der Waals surface area contributed by atoms with E-state index in [-0.39, 0.29) is 11.6 Å². The lowest BCUT2D eigenvalue weighted by atomic mass is 10.2. The summed E-state index contributed by atoms with van der Waals surface area (Å²) in [6.45, 7) is 4.18. The number of hydrazone groups is 1. The number of halogens is 2. The summed E-state index contributed by atoms with van der Waals surface area (Å²) in [5.74, 6) is 0.484. The van der Waals surface area contributed by atoms with Gasteiger partial charge in [-0.25, -0.2) is 9.80 Å². The Kier molecular flexibility index (Phi) is 4.35. The molecule has 0 fully saturated rings. The van der Waals surface area contributed by atoms with Crippen LogP contribution < -0.4 is 16.3 Å². The third-order valence-corrected chi connectivity index (χ3v) is 5.70. The molecule has 0 aliphatic carbocycles. The maximum atomic E-state index is 12.8. The fourth-order valence-corrected chi connectivity index (χ4v) is 3.84. The van der Waals surface area contributed by atoms with E-state index in [0.717, 1.165) is 15.8 Å². The van der Waals surface area contributed by atoms with Crippen molar-refractivity contribution < 1.29 is 0 Å². The van der Waals surface area contributed by atoms with Gasteiger partial charge in [-0.1, -0.05) is 29.3 Å². The van der Waals surface area contributed by atoms with Crippen LogP contribution in [0.5, 0.6) is 0 Å². The minimum absolute atomic E-state index is 0.179. The van der Waals surface area contributed by atoms with E-state index < -0.39 is 5.69 Å². The van der Waals surface area contributed by atoms with Crippen LogP contribution in [0.15, 0.2) is 32.9 Å². The maximum Gasteiger partial charge on any atom is 0.332 e. The molecule has 8 nitrogen and oxygen atoms in total. The number of benzene rings is 1. The number of fused-ring (bicyclic) bond motifs is 3. The topological polar surface area (TPSA) is 77.4 Å². The summed E-state index contributed by atoms with van der Waals surface area (Å²) in [6, 6.07) is 5.08. The molecule has 0 bridgehead atoms. The summed E-state index contributed by atoms with van der Waals surface area (Å²) in [4.78, 5) is 29.7. The van der Waals surface area contributed by atoms with Crippen molar-refractivity contribution in [3.63, 3.8) is 0 Å². The zero-order chi connectivity index (χ0) is 20.3. The van der Waals surface area contributed by atoms with E-state index in [4.69, 9.17) is 23.2 Å². The van der Waals surface area contributed by atoms with Gasteiger partial charge in [0.15, 0.2) is 11.2 Å². The van der Waals surface area contributed by atoms with Gasteiger partial charge in [-0.3, -0.25) is 18.5 Å². The monoisotopic (exact) mass is 420 g/mol. The second-order valence-corrected chi connectivity index (χ2v) is 7.71. The minimum Gasteiger partial charge on any atom is -0.294 e. The highest BCUT2D eigenvalue weighted by atomic mass is 35.5. The summed E-state index contributed by atoms with van der Waals surface area (Å²) in [5, 5.41) is 7.40. The van der Waals surface area contributed by atoms with Crippen LogP contribution in [-0.4, -0.2) is 24.4 Å². The van der Waals surface area contributed by atoms with E-state index >= 15 is 0 Å². The third-order valence-electron chi connectivity index (χ3n) is 5.11. The van der Waals surface area contributed by atoms with Crippen molar-refractivity contribution in [1.29, 1.82) is 0 Å². The minimum atomic E-state index is -0.425. The highest BCUT2D eigenvalue weighted by Crippen LogP contribution is 2.32. The molecule has 1 unspecified atom stereocenters. The zero-order valence-corrected chi connectivity index (χ0v) is 17.3. The molecule has 3 heterocycles. The number of rotatable bonds is 2. The molecule has 10 heteroatoms. The van der Waals surface area contributed by atoms with Gasteiger partial charge in [0.1, 0.15) is 0 Å². The van der Waals surface area contributed by atoms with Gasteiger partial charge in [0.2, 0.25) is 5.95 Å². The molecule has 0 N–H and O–H groups in total. The van der Waals surface area contributed by atoms with E-state index in [1.54, 1.807) is 24.2 Å². The number of anilines is 1. The third kappa shape index (κ3) is 2.67. The Morgan fingerprint density at radius 1 is 1.14 bits per heavy atom. The first-order chi connectivity index (χ1) is 13.2. The van der Waals surface area contributed by atoms with Crippen LogP contribution in [0.4, 0.5) is 5.95 Å². The lowest BCUT2D eigenvalue weighted by molar-refractivity contribution is 0.634. The predicted molar refractivity (Wildman–Crippen MR) is 111 cm³/mol. The van der Waals surface area contributed by atoms with E-state index in [1.807, 2.05) is 24.5 Å². The van der Waals surface area contributed by atoms with Gasteiger partial charge < -0.3 is 0 Å². The Bertz CT molecular complexity index is 1270. The van der Waals surface area contributed by atoms with Gasteiger partial charge in [0, 0.05) is 24.1 Å². The summed E-state index contributed by atoms with van der Waals surface area (Å²) < 4.78 is 4.28. The number of aromatic nitrogens is 4. The number of nitrogens with zero attached hydrogens (tertiary/aromatic N) is 6. The molecule has 1 aliphatic rings. The highest BCUT2D eigenvalue weighted by molar-refractivity contribution is 6.35. The molecule has 2 aromatic heterocycles. The lowest BCUT2D eigenvalue weighted by Crippen LogP contribution is -2.38. The predicted octanol–water partition coefficient (Wildman–Crippen LogP) is 2.70. The smallest absolute Gasteiger partial charge is 0.294 e. The number of imidazole rings is 1. The van der Waals surface area contributed by atoms with Gasteiger partial charge in [-0.15, -0.1) is 0 Å². The van der Waals surface area contributed by atoms with Crippen LogP contribution in [0.1, 0.15) is 25.5 Å². The molecule has 1 aliphatic heterocycles. The fraction of sp³-hybridized carbons (Fsp3) is 0.333. The lowest BCUT2D eigenvalue weighted by Gasteiger charge is -2.29. The van der Waals surface area contributed by atoms with Crippen LogP contribution in [0.2, 0.25) is 10.0 Å². The average Bonchev–Trinajstić information content (AvgIpc) is 3.06. The van der Waals surface area contributed by atoms with Gasteiger partial charge in [-0.05, 0) is 31.5 Å². The Hall–Kier alpha value is -2.58. The van der Waals surface area contributed by atoms with E-state index in [1.165, 1.54) is 11.6 Å². The number of hydrogen-bond donors (Lipinski definition) is 0. The molecule has 28 heavy (non-hydrogen) atoms. The normalized spacial score (nSPS) is 16.4. The molecule has 3 aromatic rings. The first-order valence-corrected chi connectivity index (χ1v) is 9.40. The van der Waals surface area contributed by atoms with Crippen molar-refractivity contribution in [2.75, 3.05) is 5.01 Å². The Morgan fingerprint density at radius 3 is 2.54 bits per heavy atom. The molecule has 0 saturated heterocycles. The van der Waals surface area contributed by atoms with Crippen LogP contribution >= 0.6 is 23.2 Å². The zero-order valence-electron chi connectivity index (χ0n) is 15.8. The molecule has 0 spiro atoms. The number of aryl methyl sites for hydroxylation is 1. The molecular formula is C18H18Cl2N6O2. The summed E-state index contributed by atoms with van der Waals surface area (Å²) in [5.41, 5.74) is 1.51. The second kappa shape index (κ2) is 6.49. The summed E-state index contributed by atoms with van der Waals surface area (Å²) in [6.07, 6.45) is 0. The van der Waals surface area contributed by atoms with E-state index in [0.29, 0.717) is 33.7 Å². The summed E-state index contributed by atoms with van der Waals surface area (Å²) in [7, 11) is 3.06. The quantitative estimate of drug-likeness (QED) is 0.638. The second-order valence-electron chi connectivity index (χ2n) is 6.87. The largest absolute Gasteiger partial charge is 0.332 e. The maximum absolute atomic E-state index is 12.8. The van der Waals surface area contributed by atoms with E-state index in [9.17, 15) is 9.59 Å². The SMILES string of the molecule is CC1=NN(Cc2ccc(Cl)cc2Cl)c2nc3c(c(=O)n(C)c(=O)n3C)n2C1C. The van der Waals surface area contributed by atoms with Crippen LogP contribution in [0, 0.1) is 0 Å². The standard InChI is InChI=1S/C18H18Cl2N6O2/c1-9-10(2)26-14-15(23(3)18(28)24(4)16(14)27)21-17(26)25(22-9)8-11-5-6-12(19)7-13(11)20/h5-7,10H,8H2,1-4H3. The summed E-state index contributed by atoms with van der Waals surface area (Å²) >= 11 is 12.3. The van der Waals surface area contributed by atoms with Gasteiger partial charge in [0.05, 0.1) is 18.3 Å².